The molecule has 100 valence electrons. The van der Waals surface area contributed by atoms with Crippen LogP contribution in [0.2, 0.25) is 0 Å². The van der Waals surface area contributed by atoms with Crippen molar-refractivity contribution in [3.63, 3.8) is 0 Å². The predicted octanol–water partition coefficient (Wildman–Crippen LogP) is 3.77. The summed E-state index contributed by atoms with van der Waals surface area (Å²) >= 11 is 0. The van der Waals surface area contributed by atoms with Crippen molar-refractivity contribution >= 4 is 6.16 Å². The SMILES string of the molecule is CCCOC(=O)Oc1ccc(F)c(C(F)(F)F)c1. The van der Waals surface area contributed by atoms with Crippen molar-refractivity contribution in [3.05, 3.63) is 29.6 Å². The zero-order valence-corrected chi connectivity index (χ0v) is 9.38. The molecule has 1 aromatic carbocycles. The highest BCUT2D eigenvalue weighted by Crippen LogP contribution is 2.33. The van der Waals surface area contributed by atoms with Gasteiger partial charge in [-0.1, -0.05) is 6.92 Å². The van der Waals surface area contributed by atoms with Crippen LogP contribution in [0.15, 0.2) is 18.2 Å². The summed E-state index contributed by atoms with van der Waals surface area (Å²) < 4.78 is 59.0. The summed E-state index contributed by atoms with van der Waals surface area (Å²) in [5.41, 5.74) is -1.50. The number of halogens is 4. The largest absolute Gasteiger partial charge is 0.513 e. The van der Waals surface area contributed by atoms with E-state index in [9.17, 15) is 22.4 Å². The number of ether oxygens (including phenoxy) is 2. The highest BCUT2D eigenvalue weighted by molar-refractivity contribution is 5.63. The van der Waals surface area contributed by atoms with E-state index < -0.39 is 29.5 Å². The summed E-state index contributed by atoms with van der Waals surface area (Å²) in [6.45, 7) is 1.83. The third-order valence-corrected chi connectivity index (χ3v) is 1.87. The van der Waals surface area contributed by atoms with E-state index in [4.69, 9.17) is 0 Å². The molecule has 0 amide bonds. The molecule has 0 aliphatic carbocycles. The summed E-state index contributed by atoms with van der Waals surface area (Å²) in [7, 11) is 0. The molecule has 18 heavy (non-hydrogen) atoms. The molecule has 0 spiro atoms. The first-order valence-electron chi connectivity index (χ1n) is 5.06. The Kier molecular flexibility index (Phi) is 4.52. The van der Waals surface area contributed by atoms with E-state index >= 15 is 0 Å². The molecule has 0 atom stereocenters. The van der Waals surface area contributed by atoms with Crippen LogP contribution in [-0.4, -0.2) is 12.8 Å². The van der Waals surface area contributed by atoms with Gasteiger partial charge in [-0.2, -0.15) is 13.2 Å². The lowest BCUT2D eigenvalue weighted by Crippen LogP contribution is -2.13. The van der Waals surface area contributed by atoms with Crippen LogP contribution in [-0.2, 0) is 10.9 Å². The van der Waals surface area contributed by atoms with E-state index in [2.05, 4.69) is 9.47 Å². The van der Waals surface area contributed by atoms with E-state index in [0.29, 0.717) is 18.6 Å². The molecule has 3 nitrogen and oxygen atoms in total. The Labute approximate surface area is 100 Å². The van der Waals surface area contributed by atoms with Crippen LogP contribution >= 0.6 is 0 Å². The van der Waals surface area contributed by atoms with E-state index in [1.165, 1.54) is 0 Å². The number of hydrogen-bond donors (Lipinski definition) is 0. The highest BCUT2D eigenvalue weighted by atomic mass is 19.4. The van der Waals surface area contributed by atoms with Gasteiger partial charge < -0.3 is 9.47 Å². The van der Waals surface area contributed by atoms with Gasteiger partial charge in [0.25, 0.3) is 0 Å². The zero-order valence-electron chi connectivity index (χ0n) is 9.38. The Bertz CT molecular complexity index is 429. The number of alkyl halides is 3. The highest BCUT2D eigenvalue weighted by Gasteiger charge is 2.34. The topological polar surface area (TPSA) is 35.5 Å². The number of benzene rings is 1. The van der Waals surface area contributed by atoms with Gasteiger partial charge in [-0.15, -0.1) is 0 Å². The second-order valence-electron chi connectivity index (χ2n) is 3.34. The van der Waals surface area contributed by atoms with Gasteiger partial charge in [-0.3, -0.25) is 0 Å². The molecule has 0 saturated heterocycles. The maximum Gasteiger partial charge on any atom is 0.513 e. The molecule has 0 heterocycles. The normalized spacial score (nSPS) is 11.2. The molecule has 0 aromatic heterocycles. The van der Waals surface area contributed by atoms with Gasteiger partial charge in [0, 0.05) is 0 Å². The molecule has 1 aromatic rings. The lowest BCUT2D eigenvalue weighted by Gasteiger charge is -2.10. The van der Waals surface area contributed by atoms with Gasteiger partial charge in [0.15, 0.2) is 0 Å². The molecule has 1 rings (SSSR count). The number of rotatable bonds is 3. The Hall–Kier alpha value is -1.79. The molecule has 0 aliphatic heterocycles. The molecular formula is C11H10F4O3. The van der Waals surface area contributed by atoms with Gasteiger partial charge in [0.05, 0.1) is 12.2 Å². The van der Waals surface area contributed by atoms with Crippen molar-refractivity contribution in [3.8, 4) is 5.75 Å². The van der Waals surface area contributed by atoms with Crippen molar-refractivity contribution in [1.29, 1.82) is 0 Å². The summed E-state index contributed by atoms with van der Waals surface area (Å²) in [4.78, 5) is 11.0. The van der Waals surface area contributed by atoms with Gasteiger partial charge in [-0.25, -0.2) is 9.18 Å². The summed E-state index contributed by atoms with van der Waals surface area (Å²) in [5, 5.41) is 0. The van der Waals surface area contributed by atoms with Crippen LogP contribution in [0.3, 0.4) is 0 Å². The smallest absolute Gasteiger partial charge is 0.434 e. The first-order chi connectivity index (χ1) is 8.34. The van der Waals surface area contributed by atoms with Crippen molar-refractivity contribution < 1.29 is 31.8 Å². The number of carbonyl (C=O) groups excluding carboxylic acids is 1. The molecular weight excluding hydrogens is 256 g/mol. The van der Waals surface area contributed by atoms with Crippen LogP contribution in [0.4, 0.5) is 22.4 Å². The first-order valence-corrected chi connectivity index (χ1v) is 5.06. The molecule has 0 N–H and O–H groups in total. The lowest BCUT2D eigenvalue weighted by atomic mass is 10.2. The van der Waals surface area contributed by atoms with Crippen LogP contribution in [0.1, 0.15) is 18.9 Å². The first kappa shape index (κ1) is 14.3. The minimum Gasteiger partial charge on any atom is -0.434 e. The fraction of sp³-hybridized carbons (Fsp3) is 0.364. The molecule has 0 unspecified atom stereocenters. The Morgan fingerprint density at radius 3 is 2.56 bits per heavy atom. The van der Waals surface area contributed by atoms with Crippen molar-refractivity contribution in [1.82, 2.24) is 0 Å². The second-order valence-corrected chi connectivity index (χ2v) is 3.34. The third kappa shape index (κ3) is 3.90. The molecule has 0 bridgehead atoms. The van der Waals surface area contributed by atoms with Gasteiger partial charge in [0.1, 0.15) is 11.6 Å². The Morgan fingerprint density at radius 2 is 2.00 bits per heavy atom. The maximum absolute atomic E-state index is 12.9. The predicted molar refractivity (Wildman–Crippen MR) is 53.7 cm³/mol. The minimum absolute atomic E-state index is 0.0894. The zero-order chi connectivity index (χ0) is 13.8. The van der Waals surface area contributed by atoms with Gasteiger partial charge >= 0.3 is 12.3 Å². The van der Waals surface area contributed by atoms with Gasteiger partial charge in [-0.05, 0) is 24.6 Å². The fourth-order valence-electron chi connectivity index (χ4n) is 1.10. The van der Waals surface area contributed by atoms with E-state index in [-0.39, 0.29) is 6.61 Å². The summed E-state index contributed by atoms with van der Waals surface area (Å²) in [5.74, 6) is -1.86. The van der Waals surface area contributed by atoms with Crippen LogP contribution in [0.5, 0.6) is 5.75 Å². The van der Waals surface area contributed by atoms with E-state index in [1.54, 1.807) is 6.92 Å². The number of carbonyl (C=O) groups is 1. The number of hydrogen-bond acceptors (Lipinski definition) is 3. The fourth-order valence-corrected chi connectivity index (χ4v) is 1.10. The van der Waals surface area contributed by atoms with Crippen LogP contribution < -0.4 is 4.74 Å². The molecule has 0 aliphatic rings. The lowest BCUT2D eigenvalue weighted by molar-refractivity contribution is -0.140. The standard InChI is InChI=1S/C11H10F4O3/c1-2-5-17-10(16)18-7-3-4-9(12)8(6-7)11(13,14)15/h3-4,6H,2,5H2,1H3. The average molecular weight is 266 g/mol. The Balaban J connectivity index is 2.83. The quantitative estimate of drug-likeness (QED) is 0.474. The summed E-state index contributed by atoms with van der Waals surface area (Å²) in [6.07, 6.45) is -5.43. The van der Waals surface area contributed by atoms with Gasteiger partial charge in [0.2, 0.25) is 0 Å². The third-order valence-electron chi connectivity index (χ3n) is 1.87. The minimum atomic E-state index is -4.85. The molecule has 0 fully saturated rings. The van der Waals surface area contributed by atoms with Crippen LogP contribution in [0.25, 0.3) is 0 Å². The second kappa shape index (κ2) is 5.70. The molecule has 0 radical (unpaired) electrons. The average Bonchev–Trinajstić information content (AvgIpc) is 2.27. The van der Waals surface area contributed by atoms with Crippen molar-refractivity contribution in [2.45, 2.75) is 19.5 Å². The van der Waals surface area contributed by atoms with Crippen molar-refractivity contribution in [2.75, 3.05) is 6.61 Å². The van der Waals surface area contributed by atoms with Crippen molar-refractivity contribution in [2.24, 2.45) is 0 Å². The van der Waals surface area contributed by atoms with E-state index in [1.807, 2.05) is 0 Å². The molecule has 7 heteroatoms. The van der Waals surface area contributed by atoms with E-state index in [0.717, 1.165) is 6.07 Å². The van der Waals surface area contributed by atoms with Crippen LogP contribution in [0, 0.1) is 5.82 Å². The monoisotopic (exact) mass is 266 g/mol. The summed E-state index contributed by atoms with van der Waals surface area (Å²) in [6, 6.07) is 1.89. The maximum atomic E-state index is 12.9. The Morgan fingerprint density at radius 1 is 1.33 bits per heavy atom. The molecule has 0 saturated carbocycles.